The Morgan fingerprint density at radius 1 is 1.05 bits per heavy atom. The first-order valence-corrected chi connectivity index (χ1v) is 6.28. The number of hydrogen-bond donors (Lipinski definition) is 1. The van der Waals surface area contributed by atoms with Crippen molar-refractivity contribution >= 4 is 23.5 Å². The number of methoxy groups -OCH3 is 1. The molecule has 6 nitrogen and oxygen atoms in total. The molecule has 2 aliphatic rings. The van der Waals surface area contributed by atoms with Crippen LogP contribution in [0.5, 0.6) is 0 Å². The van der Waals surface area contributed by atoms with E-state index in [1.165, 1.54) is 7.11 Å². The zero-order chi connectivity index (χ0) is 14.4. The van der Waals surface area contributed by atoms with Gasteiger partial charge in [0.25, 0.3) is 0 Å². The van der Waals surface area contributed by atoms with Gasteiger partial charge < -0.3 is 9.84 Å². The fourth-order valence-electron chi connectivity index (χ4n) is 2.21. The highest BCUT2D eigenvalue weighted by molar-refractivity contribution is 5.88. The molecule has 19 heavy (non-hydrogen) atoms. The second kappa shape index (κ2) is 7.01. The van der Waals surface area contributed by atoms with Crippen molar-refractivity contribution < 1.29 is 29.0 Å². The van der Waals surface area contributed by atoms with Crippen LogP contribution in [0.3, 0.4) is 0 Å². The lowest BCUT2D eigenvalue weighted by Gasteiger charge is -2.02. The van der Waals surface area contributed by atoms with E-state index in [1.54, 1.807) is 0 Å². The lowest BCUT2D eigenvalue weighted by Crippen LogP contribution is -2.12. The summed E-state index contributed by atoms with van der Waals surface area (Å²) in [5.41, 5.74) is 0. The largest absolute Gasteiger partial charge is 0.481 e. The van der Waals surface area contributed by atoms with Gasteiger partial charge >= 0.3 is 11.9 Å². The second-order valence-electron chi connectivity index (χ2n) is 4.82. The normalized spacial score (nSPS) is 25.7. The molecule has 0 aromatic carbocycles. The van der Waals surface area contributed by atoms with E-state index < -0.39 is 11.9 Å². The van der Waals surface area contributed by atoms with Crippen molar-refractivity contribution in [2.45, 2.75) is 38.5 Å². The van der Waals surface area contributed by atoms with E-state index >= 15 is 0 Å². The molecule has 6 heteroatoms. The minimum absolute atomic E-state index is 0.0856. The van der Waals surface area contributed by atoms with E-state index in [0.717, 1.165) is 0 Å². The molecule has 1 N–H and O–H groups in total. The average Bonchev–Trinajstić information content (AvgIpc) is 2.98. The first kappa shape index (κ1) is 15.3. The number of esters is 1. The Bertz CT molecular complexity index is 387. The molecule has 2 unspecified atom stereocenters. The number of ether oxygens (including phenoxy) is 1. The summed E-state index contributed by atoms with van der Waals surface area (Å²) in [6.07, 6.45) is 2.83. The predicted octanol–water partition coefficient (Wildman–Crippen LogP) is 0.969. The van der Waals surface area contributed by atoms with Crippen LogP contribution in [0.15, 0.2) is 0 Å². The number of aliphatic carboxylic acids is 1. The van der Waals surface area contributed by atoms with Crippen LogP contribution in [0, 0.1) is 11.8 Å². The number of carbonyl (C=O) groups excluding carboxylic acids is 3. The van der Waals surface area contributed by atoms with Gasteiger partial charge in [-0.25, -0.2) is 0 Å². The highest BCUT2D eigenvalue weighted by atomic mass is 16.5. The molecule has 2 fully saturated rings. The van der Waals surface area contributed by atoms with Gasteiger partial charge in [0.2, 0.25) is 0 Å². The molecular weight excluding hydrogens is 252 g/mol. The van der Waals surface area contributed by atoms with Gasteiger partial charge in [-0.05, 0) is 12.8 Å². The Hall–Kier alpha value is -1.72. The van der Waals surface area contributed by atoms with Crippen LogP contribution in [0.2, 0.25) is 0 Å². The van der Waals surface area contributed by atoms with Crippen molar-refractivity contribution in [2.24, 2.45) is 11.8 Å². The summed E-state index contributed by atoms with van der Waals surface area (Å²) in [6, 6.07) is 0. The number of carboxylic acids is 1. The molecule has 0 spiro atoms. The van der Waals surface area contributed by atoms with E-state index in [1.807, 2.05) is 0 Å². The number of Topliss-reactive ketones (excluding diaryl/α,β-unsaturated/α-hetero) is 2. The maximum Gasteiger partial charge on any atom is 0.309 e. The van der Waals surface area contributed by atoms with Crippen molar-refractivity contribution in [3.05, 3.63) is 0 Å². The molecule has 0 aliphatic heterocycles. The molecule has 2 rings (SSSR count). The Labute approximate surface area is 111 Å². The molecule has 106 valence electrons. The highest BCUT2D eigenvalue weighted by Crippen LogP contribution is 2.22. The Morgan fingerprint density at radius 3 is 1.79 bits per heavy atom. The monoisotopic (exact) mass is 270 g/mol. The summed E-state index contributed by atoms with van der Waals surface area (Å²) in [7, 11) is 1.35. The number of ketones is 2. The molecule has 0 saturated heterocycles. The van der Waals surface area contributed by atoms with Crippen LogP contribution in [0.4, 0.5) is 0 Å². The van der Waals surface area contributed by atoms with E-state index in [4.69, 9.17) is 5.11 Å². The number of carbonyl (C=O) groups is 4. The molecule has 0 heterocycles. The zero-order valence-corrected chi connectivity index (χ0v) is 10.9. The second-order valence-corrected chi connectivity index (χ2v) is 4.82. The van der Waals surface area contributed by atoms with Gasteiger partial charge in [-0.1, -0.05) is 0 Å². The fraction of sp³-hybridized carbons (Fsp3) is 0.692. The fourth-order valence-corrected chi connectivity index (χ4v) is 2.21. The third kappa shape index (κ3) is 4.81. The van der Waals surface area contributed by atoms with Crippen molar-refractivity contribution in [1.82, 2.24) is 0 Å². The van der Waals surface area contributed by atoms with E-state index in [0.29, 0.717) is 32.1 Å². The molecule has 0 radical (unpaired) electrons. The van der Waals surface area contributed by atoms with Crippen LogP contribution < -0.4 is 0 Å². The molecule has 0 aromatic heterocycles. The quantitative estimate of drug-likeness (QED) is 0.751. The zero-order valence-electron chi connectivity index (χ0n) is 10.9. The number of hydrogen-bond acceptors (Lipinski definition) is 5. The van der Waals surface area contributed by atoms with Crippen LogP contribution in [0.25, 0.3) is 0 Å². The third-order valence-electron chi connectivity index (χ3n) is 3.38. The Kier molecular flexibility index (Phi) is 5.66. The van der Waals surface area contributed by atoms with Crippen LogP contribution in [-0.4, -0.2) is 35.7 Å². The summed E-state index contributed by atoms with van der Waals surface area (Å²) in [5, 5.41) is 8.38. The number of carboxylic acid groups (broad SMARTS) is 1. The van der Waals surface area contributed by atoms with Gasteiger partial charge in [0, 0.05) is 25.7 Å². The minimum atomic E-state index is -0.833. The summed E-state index contributed by atoms with van der Waals surface area (Å²) in [6.45, 7) is 0. The minimum Gasteiger partial charge on any atom is -0.481 e. The molecule has 0 amide bonds. The molecule has 0 bridgehead atoms. The van der Waals surface area contributed by atoms with Crippen molar-refractivity contribution in [2.75, 3.05) is 7.11 Å². The Balaban J connectivity index is 0.000000191. The average molecular weight is 270 g/mol. The first-order chi connectivity index (χ1) is 8.93. The van der Waals surface area contributed by atoms with E-state index in [-0.39, 0.29) is 29.9 Å². The highest BCUT2D eigenvalue weighted by Gasteiger charge is 2.28. The van der Waals surface area contributed by atoms with E-state index in [9.17, 15) is 19.2 Å². The van der Waals surface area contributed by atoms with Crippen molar-refractivity contribution in [3.63, 3.8) is 0 Å². The lowest BCUT2D eigenvalue weighted by atomic mass is 10.1. The number of rotatable bonds is 2. The van der Waals surface area contributed by atoms with Gasteiger partial charge in [-0.2, -0.15) is 0 Å². The molecule has 0 aromatic rings. The lowest BCUT2D eigenvalue weighted by molar-refractivity contribution is -0.145. The van der Waals surface area contributed by atoms with Crippen molar-refractivity contribution in [3.8, 4) is 0 Å². The van der Waals surface area contributed by atoms with Crippen molar-refractivity contribution in [1.29, 1.82) is 0 Å². The Morgan fingerprint density at radius 2 is 1.53 bits per heavy atom. The first-order valence-electron chi connectivity index (χ1n) is 6.28. The van der Waals surface area contributed by atoms with Gasteiger partial charge in [0.15, 0.2) is 0 Å². The van der Waals surface area contributed by atoms with Crippen LogP contribution >= 0.6 is 0 Å². The third-order valence-corrected chi connectivity index (χ3v) is 3.38. The maximum absolute atomic E-state index is 10.8. The van der Waals surface area contributed by atoms with Gasteiger partial charge in [-0.15, -0.1) is 0 Å². The topological polar surface area (TPSA) is 97.7 Å². The smallest absolute Gasteiger partial charge is 0.309 e. The maximum atomic E-state index is 10.8. The molecule has 2 aliphatic carbocycles. The SMILES string of the molecule is COC(=O)C1CCC(=O)C1.O=C1CCC(C(=O)O)C1. The summed E-state index contributed by atoms with van der Waals surface area (Å²) < 4.78 is 4.49. The molecular formula is C13H18O6. The summed E-state index contributed by atoms with van der Waals surface area (Å²) in [4.78, 5) is 42.1. The standard InChI is InChI=1S/C7H10O3.C6H8O3/c1-10-7(9)5-2-3-6(8)4-5;7-5-2-1-4(3-5)6(8)9/h5H,2-4H2,1H3;4H,1-3H2,(H,8,9). The molecule has 2 atom stereocenters. The predicted molar refractivity (Wildman–Crippen MR) is 64.3 cm³/mol. The summed E-state index contributed by atoms with van der Waals surface area (Å²) in [5.74, 6) is -1.36. The van der Waals surface area contributed by atoms with Gasteiger partial charge in [-0.3, -0.25) is 19.2 Å². The van der Waals surface area contributed by atoms with Crippen LogP contribution in [-0.2, 0) is 23.9 Å². The van der Waals surface area contributed by atoms with E-state index in [2.05, 4.69) is 4.74 Å². The van der Waals surface area contributed by atoms with Gasteiger partial charge in [0.05, 0.1) is 18.9 Å². The van der Waals surface area contributed by atoms with Crippen LogP contribution in [0.1, 0.15) is 38.5 Å². The van der Waals surface area contributed by atoms with Gasteiger partial charge in [0.1, 0.15) is 11.6 Å². The summed E-state index contributed by atoms with van der Waals surface area (Å²) >= 11 is 0. The molecule has 2 saturated carbocycles.